The summed E-state index contributed by atoms with van der Waals surface area (Å²) in [5.41, 5.74) is 0. The number of rotatable bonds is 1. The Morgan fingerprint density at radius 2 is 1.79 bits per heavy atom. The van der Waals surface area contributed by atoms with Gasteiger partial charge in [0.2, 0.25) is 0 Å². The lowest BCUT2D eigenvalue weighted by Crippen LogP contribution is -2.37. The van der Waals surface area contributed by atoms with E-state index in [1.165, 1.54) is 0 Å². The molecule has 0 aliphatic heterocycles. The number of hydrogen-bond acceptors (Lipinski definition) is 2. The Morgan fingerprint density at radius 3 is 2.21 bits per heavy atom. The van der Waals surface area contributed by atoms with E-state index in [9.17, 15) is 18.0 Å². The van der Waals surface area contributed by atoms with Gasteiger partial charge in [0.15, 0.2) is 0 Å². The van der Waals surface area contributed by atoms with Gasteiger partial charge in [-0.2, -0.15) is 13.2 Å². The monoisotopic (exact) mass is 212 g/mol. The van der Waals surface area contributed by atoms with Gasteiger partial charge in [-0.1, -0.05) is 0 Å². The molecule has 0 aromatic carbocycles. The summed E-state index contributed by atoms with van der Waals surface area (Å²) in [6.07, 6.45) is -6.45. The molecule has 3 atom stereocenters. The second-order valence-corrected chi connectivity index (χ2v) is 3.63. The SMILES string of the molecule is O=C(O)C1CC(C(F)(F)F)C[C@H](O)C1. The molecule has 1 saturated carbocycles. The summed E-state index contributed by atoms with van der Waals surface area (Å²) in [6, 6.07) is 0. The van der Waals surface area contributed by atoms with E-state index >= 15 is 0 Å². The van der Waals surface area contributed by atoms with Gasteiger partial charge in [-0.15, -0.1) is 0 Å². The minimum absolute atomic E-state index is 0.0814. The van der Waals surface area contributed by atoms with Crippen LogP contribution in [0.2, 0.25) is 0 Å². The maximum Gasteiger partial charge on any atom is 0.391 e. The molecule has 1 aliphatic carbocycles. The number of carboxylic acids is 1. The van der Waals surface area contributed by atoms with Crippen molar-refractivity contribution in [3.63, 3.8) is 0 Å². The maximum absolute atomic E-state index is 12.2. The number of alkyl halides is 3. The standard InChI is InChI=1S/C8H11F3O3/c9-8(10,11)5-1-4(7(13)14)2-6(12)3-5/h4-6,12H,1-3H2,(H,13,14)/t4?,5?,6-/m1/s1. The van der Waals surface area contributed by atoms with Gasteiger partial charge in [0.1, 0.15) is 0 Å². The van der Waals surface area contributed by atoms with Gasteiger partial charge in [0.25, 0.3) is 0 Å². The second kappa shape index (κ2) is 3.76. The van der Waals surface area contributed by atoms with E-state index in [1.807, 2.05) is 0 Å². The Morgan fingerprint density at radius 1 is 1.21 bits per heavy atom. The molecule has 1 aliphatic rings. The quantitative estimate of drug-likeness (QED) is 0.690. The summed E-state index contributed by atoms with van der Waals surface area (Å²) in [7, 11) is 0. The summed E-state index contributed by atoms with van der Waals surface area (Å²) in [5, 5.41) is 17.7. The number of carboxylic acid groups (broad SMARTS) is 1. The van der Waals surface area contributed by atoms with Crippen molar-refractivity contribution in [1.29, 1.82) is 0 Å². The van der Waals surface area contributed by atoms with Gasteiger partial charge in [-0.3, -0.25) is 4.79 Å². The molecule has 1 rings (SSSR count). The fourth-order valence-corrected chi connectivity index (χ4v) is 1.76. The Hall–Kier alpha value is -0.780. The van der Waals surface area contributed by atoms with Crippen LogP contribution in [0, 0.1) is 11.8 Å². The Labute approximate surface area is 78.5 Å². The molecule has 0 heterocycles. The molecular weight excluding hydrogens is 201 g/mol. The number of carbonyl (C=O) groups is 1. The summed E-state index contributed by atoms with van der Waals surface area (Å²) in [5.74, 6) is -4.03. The van der Waals surface area contributed by atoms with Crippen LogP contribution in [0.25, 0.3) is 0 Å². The molecule has 0 saturated heterocycles. The van der Waals surface area contributed by atoms with E-state index < -0.39 is 36.5 Å². The van der Waals surface area contributed by atoms with Crippen LogP contribution in [0.4, 0.5) is 13.2 Å². The fourth-order valence-electron chi connectivity index (χ4n) is 1.76. The molecule has 0 amide bonds. The van der Waals surface area contributed by atoms with E-state index in [0.29, 0.717) is 0 Å². The van der Waals surface area contributed by atoms with Crippen LogP contribution in [-0.4, -0.2) is 28.5 Å². The van der Waals surface area contributed by atoms with Crippen molar-refractivity contribution in [3.05, 3.63) is 0 Å². The van der Waals surface area contributed by atoms with Crippen LogP contribution in [0.5, 0.6) is 0 Å². The molecule has 2 unspecified atom stereocenters. The first kappa shape index (κ1) is 11.3. The average Bonchev–Trinajstić information content (AvgIpc) is 2.01. The first-order valence-electron chi connectivity index (χ1n) is 4.28. The van der Waals surface area contributed by atoms with E-state index in [1.54, 1.807) is 0 Å². The Kier molecular flexibility index (Phi) is 3.04. The zero-order valence-electron chi connectivity index (χ0n) is 7.29. The van der Waals surface area contributed by atoms with E-state index in [-0.39, 0.29) is 12.8 Å². The predicted molar refractivity (Wildman–Crippen MR) is 40.5 cm³/mol. The van der Waals surface area contributed by atoms with Crippen molar-refractivity contribution in [2.75, 3.05) is 0 Å². The largest absolute Gasteiger partial charge is 0.481 e. The predicted octanol–water partition coefficient (Wildman–Crippen LogP) is 1.41. The van der Waals surface area contributed by atoms with Crippen LogP contribution in [-0.2, 0) is 4.79 Å². The van der Waals surface area contributed by atoms with Gasteiger partial charge >= 0.3 is 12.1 Å². The lowest BCUT2D eigenvalue weighted by molar-refractivity contribution is -0.196. The third-order valence-corrected chi connectivity index (χ3v) is 2.49. The van der Waals surface area contributed by atoms with Crippen LogP contribution in [0.15, 0.2) is 0 Å². The molecule has 0 radical (unpaired) electrons. The molecule has 0 bridgehead atoms. The van der Waals surface area contributed by atoms with E-state index in [4.69, 9.17) is 10.2 Å². The highest BCUT2D eigenvalue weighted by Gasteiger charge is 2.46. The zero-order chi connectivity index (χ0) is 10.9. The average molecular weight is 212 g/mol. The van der Waals surface area contributed by atoms with Gasteiger partial charge in [-0.05, 0) is 19.3 Å². The highest BCUT2D eigenvalue weighted by molar-refractivity contribution is 5.70. The number of halogens is 3. The minimum Gasteiger partial charge on any atom is -0.481 e. The molecule has 6 heteroatoms. The van der Waals surface area contributed by atoms with Crippen molar-refractivity contribution in [1.82, 2.24) is 0 Å². The molecule has 82 valence electrons. The van der Waals surface area contributed by atoms with Crippen LogP contribution in [0.3, 0.4) is 0 Å². The van der Waals surface area contributed by atoms with Crippen LogP contribution >= 0.6 is 0 Å². The molecule has 0 spiro atoms. The van der Waals surface area contributed by atoms with Crippen molar-refractivity contribution < 1.29 is 28.2 Å². The highest BCUT2D eigenvalue weighted by Crippen LogP contribution is 2.39. The minimum atomic E-state index is -4.41. The molecule has 2 N–H and O–H groups in total. The first-order valence-corrected chi connectivity index (χ1v) is 4.28. The van der Waals surface area contributed by atoms with Gasteiger partial charge in [-0.25, -0.2) is 0 Å². The zero-order valence-corrected chi connectivity index (χ0v) is 7.29. The summed E-state index contributed by atoms with van der Waals surface area (Å²) >= 11 is 0. The topological polar surface area (TPSA) is 57.5 Å². The van der Waals surface area contributed by atoms with Crippen molar-refractivity contribution in [3.8, 4) is 0 Å². The molecule has 3 nitrogen and oxygen atoms in total. The highest BCUT2D eigenvalue weighted by atomic mass is 19.4. The molecular formula is C8H11F3O3. The summed E-state index contributed by atoms with van der Waals surface area (Å²) in [6.45, 7) is 0. The van der Waals surface area contributed by atoms with Crippen LogP contribution < -0.4 is 0 Å². The Bertz CT molecular complexity index is 226. The Balaban J connectivity index is 2.68. The molecule has 14 heavy (non-hydrogen) atoms. The van der Waals surface area contributed by atoms with E-state index in [2.05, 4.69) is 0 Å². The third-order valence-electron chi connectivity index (χ3n) is 2.49. The van der Waals surface area contributed by atoms with Crippen LogP contribution in [0.1, 0.15) is 19.3 Å². The van der Waals surface area contributed by atoms with Crippen molar-refractivity contribution in [2.24, 2.45) is 11.8 Å². The first-order chi connectivity index (χ1) is 6.30. The smallest absolute Gasteiger partial charge is 0.391 e. The van der Waals surface area contributed by atoms with Crippen molar-refractivity contribution in [2.45, 2.75) is 31.5 Å². The number of aliphatic hydroxyl groups is 1. The maximum atomic E-state index is 12.2. The van der Waals surface area contributed by atoms with Crippen molar-refractivity contribution >= 4 is 5.97 Å². The summed E-state index contributed by atoms with van der Waals surface area (Å²) < 4.78 is 36.7. The third kappa shape index (κ3) is 2.60. The van der Waals surface area contributed by atoms with Gasteiger partial charge in [0.05, 0.1) is 17.9 Å². The van der Waals surface area contributed by atoms with E-state index in [0.717, 1.165) is 0 Å². The number of hydrogen-bond donors (Lipinski definition) is 2. The summed E-state index contributed by atoms with van der Waals surface area (Å²) in [4.78, 5) is 10.5. The molecule has 0 aromatic heterocycles. The second-order valence-electron chi connectivity index (χ2n) is 3.63. The number of aliphatic carboxylic acids is 1. The number of aliphatic hydroxyl groups excluding tert-OH is 1. The lowest BCUT2D eigenvalue weighted by atomic mass is 9.79. The van der Waals surface area contributed by atoms with Gasteiger partial charge < -0.3 is 10.2 Å². The fraction of sp³-hybridized carbons (Fsp3) is 0.875. The normalized spacial score (nSPS) is 34.1. The van der Waals surface area contributed by atoms with Gasteiger partial charge in [0, 0.05) is 0 Å². The molecule has 1 fully saturated rings. The molecule has 0 aromatic rings. The lowest BCUT2D eigenvalue weighted by Gasteiger charge is -2.31.